The topological polar surface area (TPSA) is 52.6 Å². The fourth-order valence-electron chi connectivity index (χ4n) is 2.34. The van der Waals surface area contributed by atoms with Crippen LogP contribution in [0.4, 0.5) is 4.79 Å². The van der Waals surface area contributed by atoms with Gasteiger partial charge in [0.2, 0.25) is 0 Å². The second kappa shape index (κ2) is 6.24. The molecule has 0 atom stereocenters. The molecule has 1 aliphatic carbocycles. The molecule has 4 heteroatoms. The van der Waals surface area contributed by atoms with Crippen LogP contribution < -0.4 is 5.32 Å². The van der Waals surface area contributed by atoms with Gasteiger partial charge in [0.25, 0.3) is 0 Å². The minimum Gasteiger partial charge on any atom is -0.388 e. The Bertz CT molecular complexity index is 244. The highest BCUT2D eigenvalue weighted by Crippen LogP contribution is 2.31. The first-order valence-corrected chi connectivity index (χ1v) is 6.76. The number of carbonyl (C=O) groups is 1. The standard InChI is InChI=1S/C13H26N2O2/c1-4-15(5-2)12(16)14-10-13(17)8-6-11(3)7-9-13/h11,17H,4-10H2,1-3H3,(H,14,16). The minimum absolute atomic E-state index is 0.0675. The molecule has 0 spiro atoms. The van der Waals surface area contributed by atoms with Crippen molar-refractivity contribution >= 4 is 6.03 Å². The van der Waals surface area contributed by atoms with Crippen molar-refractivity contribution in [3.8, 4) is 0 Å². The fraction of sp³-hybridized carbons (Fsp3) is 0.923. The molecule has 0 aromatic heterocycles. The summed E-state index contributed by atoms with van der Waals surface area (Å²) in [7, 11) is 0. The molecule has 0 bridgehead atoms. The third kappa shape index (κ3) is 4.19. The molecule has 0 aliphatic heterocycles. The van der Waals surface area contributed by atoms with Crippen LogP contribution in [0.15, 0.2) is 0 Å². The van der Waals surface area contributed by atoms with E-state index in [9.17, 15) is 9.90 Å². The van der Waals surface area contributed by atoms with Gasteiger partial charge in [-0.1, -0.05) is 6.92 Å². The van der Waals surface area contributed by atoms with E-state index in [-0.39, 0.29) is 6.03 Å². The molecule has 17 heavy (non-hydrogen) atoms. The van der Waals surface area contributed by atoms with Crippen LogP contribution in [-0.4, -0.2) is 41.3 Å². The molecule has 1 saturated carbocycles. The van der Waals surface area contributed by atoms with Crippen molar-refractivity contribution < 1.29 is 9.90 Å². The van der Waals surface area contributed by atoms with Crippen LogP contribution in [0.5, 0.6) is 0 Å². The van der Waals surface area contributed by atoms with Crippen molar-refractivity contribution in [2.45, 2.75) is 52.1 Å². The Balaban J connectivity index is 2.36. The molecular formula is C13H26N2O2. The molecule has 0 radical (unpaired) electrons. The highest BCUT2D eigenvalue weighted by Gasteiger charge is 2.32. The predicted molar refractivity (Wildman–Crippen MR) is 68.9 cm³/mol. The Morgan fingerprint density at radius 1 is 1.35 bits per heavy atom. The number of amides is 2. The van der Waals surface area contributed by atoms with E-state index in [4.69, 9.17) is 0 Å². The average molecular weight is 242 g/mol. The number of rotatable bonds is 4. The minimum atomic E-state index is -0.685. The van der Waals surface area contributed by atoms with Gasteiger partial charge in [-0.2, -0.15) is 0 Å². The van der Waals surface area contributed by atoms with E-state index in [1.807, 2.05) is 13.8 Å². The number of carbonyl (C=O) groups excluding carboxylic acids is 1. The van der Waals surface area contributed by atoms with Crippen molar-refractivity contribution in [3.05, 3.63) is 0 Å². The summed E-state index contributed by atoms with van der Waals surface area (Å²) in [6.45, 7) is 7.93. The Labute approximate surface area is 104 Å². The van der Waals surface area contributed by atoms with Gasteiger partial charge < -0.3 is 15.3 Å². The maximum Gasteiger partial charge on any atom is 0.317 e. The van der Waals surface area contributed by atoms with Crippen molar-refractivity contribution in [2.75, 3.05) is 19.6 Å². The number of aliphatic hydroxyl groups is 1. The van der Waals surface area contributed by atoms with Gasteiger partial charge in [0.05, 0.1) is 5.60 Å². The molecule has 1 fully saturated rings. The monoisotopic (exact) mass is 242 g/mol. The maximum absolute atomic E-state index is 11.8. The second-order valence-electron chi connectivity index (χ2n) is 5.24. The number of hydrogen-bond acceptors (Lipinski definition) is 2. The first-order chi connectivity index (χ1) is 8.00. The molecule has 4 nitrogen and oxygen atoms in total. The van der Waals surface area contributed by atoms with Gasteiger partial charge in [-0.05, 0) is 45.4 Å². The normalized spacial score (nSPS) is 28.8. The zero-order chi connectivity index (χ0) is 12.9. The molecule has 100 valence electrons. The largest absolute Gasteiger partial charge is 0.388 e. The predicted octanol–water partition coefficient (Wildman–Crippen LogP) is 1.98. The molecule has 1 rings (SSSR count). The van der Waals surface area contributed by atoms with Crippen LogP contribution in [0.3, 0.4) is 0 Å². The summed E-state index contributed by atoms with van der Waals surface area (Å²) in [6, 6.07) is -0.0675. The van der Waals surface area contributed by atoms with Gasteiger partial charge >= 0.3 is 6.03 Å². The van der Waals surface area contributed by atoms with Gasteiger partial charge in [0.1, 0.15) is 0 Å². The van der Waals surface area contributed by atoms with Crippen LogP contribution >= 0.6 is 0 Å². The van der Waals surface area contributed by atoms with Crippen molar-refractivity contribution in [1.82, 2.24) is 10.2 Å². The van der Waals surface area contributed by atoms with Crippen LogP contribution in [0, 0.1) is 5.92 Å². The average Bonchev–Trinajstić information content (AvgIpc) is 2.33. The van der Waals surface area contributed by atoms with Gasteiger partial charge in [-0.25, -0.2) is 4.79 Å². The maximum atomic E-state index is 11.8. The molecular weight excluding hydrogens is 216 g/mol. The van der Waals surface area contributed by atoms with E-state index in [1.54, 1.807) is 4.90 Å². The summed E-state index contributed by atoms with van der Waals surface area (Å²) in [6.07, 6.45) is 3.70. The summed E-state index contributed by atoms with van der Waals surface area (Å²) >= 11 is 0. The van der Waals surface area contributed by atoms with E-state index in [2.05, 4.69) is 12.2 Å². The van der Waals surface area contributed by atoms with E-state index in [0.717, 1.165) is 25.7 Å². The molecule has 0 saturated heterocycles. The quantitative estimate of drug-likeness (QED) is 0.792. The summed E-state index contributed by atoms with van der Waals surface area (Å²) in [5.41, 5.74) is -0.685. The van der Waals surface area contributed by atoms with Gasteiger partial charge in [0.15, 0.2) is 0 Å². The highest BCUT2D eigenvalue weighted by atomic mass is 16.3. The van der Waals surface area contributed by atoms with Gasteiger partial charge in [-0.3, -0.25) is 0 Å². The zero-order valence-electron chi connectivity index (χ0n) is 11.3. The molecule has 0 aromatic rings. The smallest absolute Gasteiger partial charge is 0.317 e. The van der Waals surface area contributed by atoms with E-state index >= 15 is 0 Å². The van der Waals surface area contributed by atoms with E-state index < -0.39 is 5.60 Å². The van der Waals surface area contributed by atoms with Gasteiger partial charge in [-0.15, -0.1) is 0 Å². The molecule has 0 aromatic carbocycles. The number of nitrogens with one attached hydrogen (secondary N) is 1. The third-order valence-electron chi connectivity index (χ3n) is 3.82. The highest BCUT2D eigenvalue weighted by molar-refractivity contribution is 5.74. The number of nitrogens with zero attached hydrogens (tertiary/aromatic N) is 1. The first kappa shape index (κ1) is 14.3. The molecule has 2 amide bonds. The number of hydrogen-bond donors (Lipinski definition) is 2. The van der Waals surface area contributed by atoms with Crippen LogP contribution in [0.2, 0.25) is 0 Å². The summed E-state index contributed by atoms with van der Waals surface area (Å²) in [4.78, 5) is 13.5. The molecule has 2 N–H and O–H groups in total. The lowest BCUT2D eigenvalue weighted by atomic mass is 9.79. The lowest BCUT2D eigenvalue weighted by Gasteiger charge is -2.35. The van der Waals surface area contributed by atoms with Crippen LogP contribution in [0.1, 0.15) is 46.5 Å². The van der Waals surface area contributed by atoms with E-state index in [0.29, 0.717) is 25.6 Å². The summed E-state index contributed by atoms with van der Waals surface area (Å²) in [5, 5.41) is 13.2. The Kier molecular flexibility index (Phi) is 5.25. The molecule has 0 heterocycles. The van der Waals surface area contributed by atoms with Crippen molar-refractivity contribution in [2.24, 2.45) is 5.92 Å². The first-order valence-electron chi connectivity index (χ1n) is 6.76. The van der Waals surface area contributed by atoms with Crippen molar-refractivity contribution in [1.29, 1.82) is 0 Å². The Hall–Kier alpha value is -0.770. The van der Waals surface area contributed by atoms with Crippen molar-refractivity contribution in [3.63, 3.8) is 0 Å². The van der Waals surface area contributed by atoms with Crippen LogP contribution in [0.25, 0.3) is 0 Å². The molecule has 1 aliphatic rings. The molecule has 0 unspecified atom stereocenters. The zero-order valence-corrected chi connectivity index (χ0v) is 11.3. The second-order valence-corrected chi connectivity index (χ2v) is 5.24. The van der Waals surface area contributed by atoms with Gasteiger partial charge in [0, 0.05) is 19.6 Å². The fourth-order valence-corrected chi connectivity index (χ4v) is 2.34. The Morgan fingerprint density at radius 2 is 1.88 bits per heavy atom. The lowest BCUT2D eigenvalue weighted by molar-refractivity contribution is -0.00468. The van der Waals surface area contributed by atoms with Crippen LogP contribution in [-0.2, 0) is 0 Å². The number of urea groups is 1. The Morgan fingerprint density at radius 3 is 2.35 bits per heavy atom. The summed E-state index contributed by atoms with van der Waals surface area (Å²) < 4.78 is 0. The SMILES string of the molecule is CCN(CC)C(=O)NCC1(O)CCC(C)CC1. The summed E-state index contributed by atoms with van der Waals surface area (Å²) in [5.74, 6) is 0.703. The lowest BCUT2D eigenvalue weighted by Crippen LogP contribution is -2.49. The van der Waals surface area contributed by atoms with E-state index in [1.165, 1.54) is 0 Å². The third-order valence-corrected chi connectivity index (χ3v) is 3.82.